The van der Waals surface area contributed by atoms with E-state index >= 15 is 4.39 Å². The van der Waals surface area contributed by atoms with Crippen molar-refractivity contribution >= 4 is 36.6 Å². The number of nitrogens with zero attached hydrogens (tertiary/aromatic N) is 5. The lowest BCUT2D eigenvalue weighted by atomic mass is 9.90. The van der Waals surface area contributed by atoms with E-state index in [9.17, 15) is 19.7 Å². The number of ether oxygens (including phenoxy) is 2. The molecule has 3 heterocycles. The fourth-order valence-electron chi connectivity index (χ4n) is 4.38. The number of alkyl halides is 1. The van der Waals surface area contributed by atoms with E-state index in [0.29, 0.717) is 0 Å². The van der Waals surface area contributed by atoms with Gasteiger partial charge in [0.1, 0.15) is 36.4 Å². The van der Waals surface area contributed by atoms with Gasteiger partial charge in [-0.05, 0) is 39.8 Å². The molecule has 15 nitrogen and oxygen atoms in total. The summed E-state index contributed by atoms with van der Waals surface area (Å²) >= 11 is 0. The average Bonchev–Trinajstić information content (AvgIpc) is 3.44. The third-order valence-electron chi connectivity index (χ3n) is 6.47. The standard InChI is InChI=1S/C25H32FN8O7P/c1-14(2)39-22(36)15(3)33-42(37,41-16-9-7-6-8-10-16)38-11-17-19(35)24(4,26)25(12-27,40-17)34-13-30-18-20(29-5)31-23(28)32-21(18)34/h6-10,13-15,17,19,35H,11H2,1-5H3,(H,33,37)(H3,28,29,31,32)/t15-,17+,19+,24+,25+,42?/m0/s1. The Kier molecular flexibility index (Phi) is 8.72. The SMILES string of the molecule is CNc1nc(N)nc2c1ncn2[C@]1(C#N)O[C@H](COP(=O)(N[C@@H](C)C(=O)OC(C)C)Oc2ccccc2)[C@@H](O)[C@@]1(C)F. The first-order valence-electron chi connectivity index (χ1n) is 12.9. The molecule has 6 atom stereocenters. The number of carbonyl (C=O) groups excluding carboxylic acids is 1. The van der Waals surface area contributed by atoms with Crippen molar-refractivity contribution in [1.82, 2.24) is 24.6 Å². The number of anilines is 2. The van der Waals surface area contributed by atoms with Gasteiger partial charge in [-0.25, -0.2) is 13.9 Å². The first-order valence-corrected chi connectivity index (χ1v) is 14.4. The zero-order valence-corrected chi connectivity index (χ0v) is 24.4. The first-order chi connectivity index (χ1) is 19.8. The van der Waals surface area contributed by atoms with E-state index in [1.165, 1.54) is 19.1 Å². The topological polar surface area (TPSA) is 209 Å². The Bertz CT molecular complexity index is 1530. The third-order valence-corrected chi connectivity index (χ3v) is 8.11. The molecule has 2 aromatic heterocycles. The van der Waals surface area contributed by atoms with Crippen LogP contribution in [0.3, 0.4) is 0 Å². The minimum atomic E-state index is -4.39. The van der Waals surface area contributed by atoms with Gasteiger partial charge >= 0.3 is 13.7 Å². The average molecular weight is 607 g/mol. The molecule has 1 aliphatic rings. The lowest BCUT2D eigenvalue weighted by Crippen LogP contribution is -2.51. The molecule has 0 saturated carbocycles. The smallest absolute Gasteiger partial charge is 0.459 e. The molecular weight excluding hydrogens is 574 g/mol. The van der Waals surface area contributed by atoms with Gasteiger partial charge in [0.25, 0.3) is 5.72 Å². The maximum absolute atomic E-state index is 16.4. The molecule has 0 aliphatic carbocycles. The van der Waals surface area contributed by atoms with Gasteiger partial charge in [-0.2, -0.15) is 20.3 Å². The fourth-order valence-corrected chi connectivity index (χ4v) is 5.88. The molecule has 5 N–H and O–H groups in total. The van der Waals surface area contributed by atoms with Crippen LogP contribution in [0, 0.1) is 11.3 Å². The molecule has 0 radical (unpaired) electrons. The van der Waals surface area contributed by atoms with Crippen LogP contribution in [0.4, 0.5) is 16.2 Å². The maximum Gasteiger partial charge on any atom is 0.459 e. The molecule has 226 valence electrons. The van der Waals surface area contributed by atoms with Crippen LogP contribution in [-0.4, -0.2) is 74.3 Å². The predicted octanol–water partition coefficient (Wildman–Crippen LogP) is 2.25. The van der Waals surface area contributed by atoms with Crippen molar-refractivity contribution < 1.29 is 37.4 Å². The molecule has 1 fully saturated rings. The van der Waals surface area contributed by atoms with Gasteiger partial charge < -0.3 is 30.2 Å². The molecule has 3 aromatic rings. The van der Waals surface area contributed by atoms with E-state index in [1.807, 2.05) is 0 Å². The molecule has 17 heteroatoms. The van der Waals surface area contributed by atoms with E-state index < -0.39 is 56.1 Å². The van der Waals surface area contributed by atoms with Crippen molar-refractivity contribution in [3.63, 3.8) is 0 Å². The lowest BCUT2D eigenvalue weighted by Gasteiger charge is -2.32. The van der Waals surface area contributed by atoms with Crippen molar-refractivity contribution in [3.8, 4) is 11.8 Å². The quantitative estimate of drug-likeness (QED) is 0.182. The molecule has 4 rings (SSSR count). The van der Waals surface area contributed by atoms with Gasteiger partial charge in [-0.3, -0.25) is 13.9 Å². The van der Waals surface area contributed by atoms with Crippen LogP contribution in [0.2, 0.25) is 0 Å². The number of nitrogens with two attached hydrogens (primary N) is 1. The number of aliphatic hydroxyl groups is 1. The summed E-state index contributed by atoms with van der Waals surface area (Å²) in [6.07, 6.45) is -2.84. The molecule has 0 bridgehead atoms. The predicted molar refractivity (Wildman–Crippen MR) is 148 cm³/mol. The third kappa shape index (κ3) is 5.74. The number of rotatable bonds is 11. The number of esters is 1. The Hall–Kier alpha value is -3.87. The summed E-state index contributed by atoms with van der Waals surface area (Å²) in [4.78, 5) is 24.7. The van der Waals surface area contributed by atoms with Gasteiger partial charge in [0.15, 0.2) is 22.7 Å². The largest absolute Gasteiger partial charge is 0.462 e. The number of carbonyl (C=O) groups is 1. The number of benzene rings is 1. The van der Waals surface area contributed by atoms with E-state index in [2.05, 4.69) is 25.4 Å². The Morgan fingerprint density at radius 2 is 2.02 bits per heavy atom. The molecule has 1 unspecified atom stereocenters. The summed E-state index contributed by atoms with van der Waals surface area (Å²) in [5.74, 6) is -0.555. The van der Waals surface area contributed by atoms with Crippen molar-refractivity contribution in [2.45, 2.75) is 63.4 Å². The van der Waals surface area contributed by atoms with Crippen molar-refractivity contribution in [3.05, 3.63) is 36.7 Å². The minimum absolute atomic E-state index is 0.0386. The second-order valence-electron chi connectivity index (χ2n) is 9.93. The van der Waals surface area contributed by atoms with Crippen molar-refractivity contribution in [2.75, 3.05) is 24.7 Å². The van der Waals surface area contributed by atoms with Crippen LogP contribution in [0.1, 0.15) is 27.7 Å². The monoisotopic (exact) mass is 606 g/mol. The molecule has 0 amide bonds. The van der Waals surface area contributed by atoms with Crippen LogP contribution >= 0.6 is 7.75 Å². The van der Waals surface area contributed by atoms with Crippen LogP contribution in [0.25, 0.3) is 11.2 Å². The van der Waals surface area contributed by atoms with E-state index in [0.717, 1.165) is 17.8 Å². The highest BCUT2D eigenvalue weighted by molar-refractivity contribution is 7.52. The summed E-state index contributed by atoms with van der Waals surface area (Å²) in [6, 6.07) is 8.62. The van der Waals surface area contributed by atoms with Gasteiger partial charge in [-0.1, -0.05) is 18.2 Å². The fraction of sp³-hybridized carbons (Fsp3) is 0.480. The molecule has 42 heavy (non-hydrogen) atoms. The van der Waals surface area contributed by atoms with Gasteiger partial charge in [0, 0.05) is 7.05 Å². The number of fused-ring (bicyclic) bond motifs is 1. The second-order valence-corrected chi connectivity index (χ2v) is 11.6. The summed E-state index contributed by atoms with van der Waals surface area (Å²) in [6.45, 7) is 4.95. The Morgan fingerprint density at radius 3 is 2.64 bits per heavy atom. The summed E-state index contributed by atoms with van der Waals surface area (Å²) in [5.41, 5.74) is 0.659. The highest BCUT2D eigenvalue weighted by atomic mass is 31.2. The Labute approximate surface area is 240 Å². The summed E-state index contributed by atoms with van der Waals surface area (Å²) < 4.78 is 53.4. The van der Waals surface area contributed by atoms with Crippen LogP contribution in [0.5, 0.6) is 5.75 Å². The molecule has 0 spiro atoms. The van der Waals surface area contributed by atoms with Crippen LogP contribution < -0.4 is 20.7 Å². The Morgan fingerprint density at radius 1 is 1.33 bits per heavy atom. The normalized spacial score (nSPS) is 26.0. The number of hydrogen-bond acceptors (Lipinski definition) is 13. The number of imidazole rings is 1. The zero-order chi connectivity index (χ0) is 30.9. The lowest BCUT2D eigenvalue weighted by molar-refractivity contribution is -0.149. The van der Waals surface area contributed by atoms with Crippen molar-refractivity contribution in [2.24, 2.45) is 0 Å². The Balaban J connectivity index is 1.64. The van der Waals surface area contributed by atoms with Crippen LogP contribution in [-0.2, 0) is 29.1 Å². The number of hydrogen-bond donors (Lipinski definition) is 4. The number of nitrogens with one attached hydrogen (secondary N) is 2. The molecule has 1 aromatic carbocycles. The highest BCUT2D eigenvalue weighted by Crippen LogP contribution is 2.50. The molecule has 1 aliphatic heterocycles. The van der Waals surface area contributed by atoms with E-state index in [4.69, 9.17) is 24.3 Å². The first kappa shape index (κ1) is 31.1. The zero-order valence-electron chi connectivity index (χ0n) is 23.5. The molecule has 1 saturated heterocycles. The number of aromatic nitrogens is 4. The van der Waals surface area contributed by atoms with E-state index in [-0.39, 0.29) is 28.7 Å². The second kappa shape index (κ2) is 11.8. The van der Waals surface area contributed by atoms with Gasteiger partial charge in [-0.15, -0.1) is 0 Å². The van der Waals surface area contributed by atoms with Gasteiger partial charge in [0.05, 0.1) is 12.7 Å². The van der Waals surface area contributed by atoms with E-state index in [1.54, 1.807) is 45.2 Å². The highest BCUT2D eigenvalue weighted by Gasteiger charge is 2.67. The minimum Gasteiger partial charge on any atom is -0.462 e. The summed E-state index contributed by atoms with van der Waals surface area (Å²) in [5, 5.41) is 26.5. The van der Waals surface area contributed by atoms with Crippen molar-refractivity contribution in [1.29, 1.82) is 5.26 Å². The van der Waals surface area contributed by atoms with Crippen LogP contribution in [0.15, 0.2) is 36.7 Å². The number of nitrogen functional groups attached to an aromatic ring is 1. The summed E-state index contributed by atoms with van der Waals surface area (Å²) in [7, 11) is -2.83. The number of aliphatic hydroxyl groups excluding tert-OH is 1. The number of halogens is 1. The maximum atomic E-state index is 16.4. The molecular formula is C25H32FN8O7P. The van der Waals surface area contributed by atoms with Gasteiger partial charge in [0.2, 0.25) is 5.95 Å². The number of para-hydroxylation sites is 1. The number of nitriles is 1.